The molecule has 1 N–H and O–H groups in total. The molecule has 1 amide bonds. The van der Waals surface area contributed by atoms with E-state index in [0.717, 1.165) is 28.0 Å². The number of nitrogens with one attached hydrogen (secondary N) is 1. The van der Waals surface area contributed by atoms with Crippen molar-refractivity contribution in [1.82, 2.24) is 9.88 Å². The molecule has 3 rings (SSSR count). The van der Waals surface area contributed by atoms with Gasteiger partial charge in [-0.2, -0.15) is 13.2 Å². The number of aryl methyl sites for hydroxylation is 1. The van der Waals surface area contributed by atoms with E-state index in [9.17, 15) is 18.0 Å². The first kappa shape index (κ1) is 21.6. The smallest absolute Gasteiger partial charge is 0.354 e. The molecule has 1 aliphatic heterocycles. The molecular weight excluding hydrogens is 449 g/mol. The van der Waals surface area contributed by atoms with Crippen molar-refractivity contribution >= 4 is 33.3 Å². The predicted octanol–water partition coefficient (Wildman–Crippen LogP) is 4.32. The van der Waals surface area contributed by atoms with E-state index in [1.54, 1.807) is 0 Å². The summed E-state index contributed by atoms with van der Waals surface area (Å²) in [6.07, 6.45) is -3.53. The van der Waals surface area contributed by atoms with Crippen molar-refractivity contribution in [2.45, 2.75) is 26.1 Å². The molecule has 0 bridgehead atoms. The molecule has 0 saturated carbocycles. The fourth-order valence-corrected chi connectivity index (χ4v) is 3.80. The summed E-state index contributed by atoms with van der Waals surface area (Å²) < 4.78 is 38.9. The van der Waals surface area contributed by atoms with Crippen molar-refractivity contribution in [2.24, 2.45) is 0 Å². The van der Waals surface area contributed by atoms with E-state index in [-0.39, 0.29) is 11.9 Å². The van der Waals surface area contributed by atoms with Crippen LogP contribution in [0, 0.1) is 6.92 Å². The van der Waals surface area contributed by atoms with Gasteiger partial charge in [-0.1, -0.05) is 6.07 Å². The molecule has 2 heterocycles. The summed E-state index contributed by atoms with van der Waals surface area (Å²) >= 11 is 3.46. The second kappa shape index (κ2) is 8.71. The van der Waals surface area contributed by atoms with Crippen LogP contribution >= 0.6 is 15.9 Å². The molecule has 2 aromatic rings. The largest absolute Gasteiger partial charge is 0.417 e. The van der Waals surface area contributed by atoms with Crippen molar-refractivity contribution in [2.75, 3.05) is 36.4 Å². The van der Waals surface area contributed by atoms with Gasteiger partial charge in [0.15, 0.2) is 0 Å². The Hall–Kier alpha value is -2.13. The number of anilines is 2. The van der Waals surface area contributed by atoms with Gasteiger partial charge in [-0.3, -0.25) is 9.69 Å². The third-order valence-electron chi connectivity index (χ3n) is 5.02. The van der Waals surface area contributed by atoms with Gasteiger partial charge < -0.3 is 10.2 Å². The van der Waals surface area contributed by atoms with Crippen LogP contribution < -0.4 is 10.2 Å². The number of hydrogen-bond donors (Lipinski definition) is 1. The van der Waals surface area contributed by atoms with Crippen LogP contribution in [0.4, 0.5) is 24.7 Å². The van der Waals surface area contributed by atoms with E-state index < -0.39 is 11.7 Å². The van der Waals surface area contributed by atoms with E-state index in [4.69, 9.17) is 0 Å². The number of carbonyl (C=O) groups excluding carboxylic acids is 1. The third kappa shape index (κ3) is 5.27. The molecule has 9 heteroatoms. The van der Waals surface area contributed by atoms with Crippen molar-refractivity contribution in [3.8, 4) is 0 Å². The molecule has 0 spiro atoms. The van der Waals surface area contributed by atoms with Crippen LogP contribution in [0.1, 0.15) is 18.1 Å². The third-order valence-corrected chi connectivity index (χ3v) is 5.68. The van der Waals surface area contributed by atoms with Crippen LogP contribution in [0.25, 0.3) is 0 Å². The number of halogens is 4. The number of rotatable bonds is 4. The summed E-state index contributed by atoms with van der Waals surface area (Å²) in [5.74, 6) is 0.411. The van der Waals surface area contributed by atoms with Gasteiger partial charge in [0, 0.05) is 36.8 Å². The van der Waals surface area contributed by atoms with Crippen LogP contribution in [0.3, 0.4) is 0 Å². The topological polar surface area (TPSA) is 48.5 Å². The van der Waals surface area contributed by atoms with E-state index in [2.05, 4.69) is 31.1 Å². The average Bonchev–Trinajstić information content (AvgIpc) is 2.69. The molecule has 0 radical (unpaired) electrons. The minimum absolute atomic E-state index is 0.101. The number of aromatic nitrogens is 1. The zero-order chi connectivity index (χ0) is 21.2. The van der Waals surface area contributed by atoms with Gasteiger partial charge in [0.25, 0.3) is 0 Å². The lowest BCUT2D eigenvalue weighted by Gasteiger charge is -2.38. The highest BCUT2D eigenvalue weighted by molar-refractivity contribution is 9.10. The number of benzene rings is 1. The lowest BCUT2D eigenvalue weighted by molar-refractivity contribution is -0.137. The highest BCUT2D eigenvalue weighted by atomic mass is 79.9. The Morgan fingerprint density at radius 1 is 1.17 bits per heavy atom. The monoisotopic (exact) mass is 470 g/mol. The first-order chi connectivity index (χ1) is 13.6. The highest BCUT2D eigenvalue weighted by Gasteiger charge is 2.31. The molecule has 1 saturated heterocycles. The second-order valence-corrected chi connectivity index (χ2v) is 7.93. The molecule has 29 heavy (non-hydrogen) atoms. The molecule has 1 unspecified atom stereocenters. The number of pyridine rings is 1. The summed E-state index contributed by atoms with van der Waals surface area (Å²) in [5, 5.41) is 2.94. The molecular formula is C20H22BrF3N4O. The number of piperazine rings is 1. The van der Waals surface area contributed by atoms with Crippen LogP contribution in [0.5, 0.6) is 0 Å². The lowest BCUT2D eigenvalue weighted by Crippen LogP contribution is -2.53. The summed E-state index contributed by atoms with van der Waals surface area (Å²) in [6.45, 7) is 6.24. The summed E-state index contributed by atoms with van der Waals surface area (Å²) in [7, 11) is 0. The van der Waals surface area contributed by atoms with Crippen molar-refractivity contribution in [3.05, 3.63) is 52.1 Å². The van der Waals surface area contributed by atoms with Gasteiger partial charge in [0.2, 0.25) is 5.91 Å². The SMILES string of the molecule is Cc1ccc(NC(=O)C(C)N2CCN(c3ccc(C(F)(F)F)cn3)CC2)c(Br)c1. The van der Waals surface area contributed by atoms with Gasteiger partial charge in [-0.25, -0.2) is 4.98 Å². The molecule has 1 fully saturated rings. The zero-order valence-electron chi connectivity index (χ0n) is 16.1. The fourth-order valence-electron chi connectivity index (χ4n) is 3.20. The van der Waals surface area contributed by atoms with E-state index in [0.29, 0.717) is 32.0 Å². The molecule has 5 nitrogen and oxygen atoms in total. The first-order valence-corrected chi connectivity index (χ1v) is 10.0. The van der Waals surface area contributed by atoms with Crippen molar-refractivity contribution in [1.29, 1.82) is 0 Å². The number of carbonyl (C=O) groups is 1. The summed E-state index contributed by atoms with van der Waals surface area (Å²) in [4.78, 5) is 20.6. The second-order valence-electron chi connectivity index (χ2n) is 7.07. The standard InChI is InChI=1S/C20H22BrF3N4O/c1-13-3-5-17(16(21)11-13)26-19(29)14(2)27-7-9-28(10-8-27)18-6-4-15(12-25-18)20(22,23)24/h3-6,11-12,14H,7-10H2,1-2H3,(H,26,29). The van der Waals surface area contributed by atoms with E-state index in [1.807, 2.05) is 36.9 Å². The molecule has 1 aromatic carbocycles. The van der Waals surface area contributed by atoms with Crippen molar-refractivity contribution < 1.29 is 18.0 Å². The van der Waals surface area contributed by atoms with Gasteiger partial charge in [0.1, 0.15) is 5.82 Å². The van der Waals surface area contributed by atoms with E-state index >= 15 is 0 Å². The Morgan fingerprint density at radius 2 is 1.86 bits per heavy atom. The first-order valence-electron chi connectivity index (χ1n) is 9.24. The maximum Gasteiger partial charge on any atom is 0.417 e. The molecule has 1 aliphatic rings. The number of alkyl halides is 3. The van der Waals surface area contributed by atoms with E-state index in [1.165, 1.54) is 6.07 Å². The zero-order valence-corrected chi connectivity index (χ0v) is 17.7. The Labute approximate surface area is 176 Å². The average molecular weight is 471 g/mol. The Morgan fingerprint density at radius 3 is 2.41 bits per heavy atom. The van der Waals surface area contributed by atoms with Crippen molar-refractivity contribution in [3.63, 3.8) is 0 Å². The van der Waals surface area contributed by atoms with Crippen LogP contribution in [0.2, 0.25) is 0 Å². The molecule has 1 aromatic heterocycles. The maximum atomic E-state index is 12.7. The van der Waals surface area contributed by atoms with Crippen LogP contribution in [0.15, 0.2) is 41.0 Å². The van der Waals surface area contributed by atoms with Gasteiger partial charge in [0.05, 0.1) is 17.3 Å². The van der Waals surface area contributed by atoms with Gasteiger partial charge in [-0.15, -0.1) is 0 Å². The number of nitrogens with zero attached hydrogens (tertiary/aromatic N) is 3. The van der Waals surface area contributed by atoms with Crippen LogP contribution in [-0.2, 0) is 11.0 Å². The highest BCUT2D eigenvalue weighted by Crippen LogP contribution is 2.29. The number of hydrogen-bond acceptors (Lipinski definition) is 4. The lowest BCUT2D eigenvalue weighted by atomic mass is 10.2. The van der Waals surface area contributed by atoms with Gasteiger partial charge in [-0.05, 0) is 59.6 Å². The van der Waals surface area contributed by atoms with Gasteiger partial charge >= 0.3 is 6.18 Å². The Kier molecular flexibility index (Phi) is 6.48. The quantitative estimate of drug-likeness (QED) is 0.722. The molecule has 0 aliphatic carbocycles. The minimum atomic E-state index is -4.39. The normalized spacial score (nSPS) is 16.6. The summed E-state index contributed by atoms with van der Waals surface area (Å²) in [6, 6.07) is 7.84. The molecule has 156 valence electrons. The van der Waals surface area contributed by atoms with Crippen LogP contribution in [-0.4, -0.2) is 48.0 Å². The maximum absolute atomic E-state index is 12.7. The Bertz CT molecular complexity index is 865. The molecule has 1 atom stereocenters. The predicted molar refractivity (Wildman–Crippen MR) is 110 cm³/mol. The minimum Gasteiger partial charge on any atom is -0.354 e. The fraction of sp³-hybridized carbons (Fsp3) is 0.400. The number of amides is 1. The summed E-state index contributed by atoms with van der Waals surface area (Å²) in [5.41, 5.74) is 1.06. The Balaban J connectivity index is 1.56.